The van der Waals surface area contributed by atoms with Gasteiger partial charge in [-0.25, -0.2) is 8.78 Å². The standard InChI is InChI=1S/C5H5BF2O2S/c7-5(8)4-3(6(9)10)1-2-11-4/h1-2,5,9-10H. The average molecular weight is 178 g/mol. The molecule has 2 N–H and O–H groups in total. The first-order chi connectivity index (χ1) is 5.13. The second-order valence-corrected chi connectivity index (χ2v) is 2.86. The molecule has 0 aliphatic heterocycles. The largest absolute Gasteiger partial charge is 0.489 e. The molecule has 0 radical (unpaired) electrons. The van der Waals surface area contributed by atoms with E-state index in [2.05, 4.69) is 0 Å². The van der Waals surface area contributed by atoms with Crippen molar-refractivity contribution in [2.45, 2.75) is 6.43 Å². The molecule has 11 heavy (non-hydrogen) atoms. The van der Waals surface area contributed by atoms with E-state index < -0.39 is 13.5 Å². The predicted octanol–water partition coefficient (Wildman–Crippen LogP) is 0.365. The summed E-state index contributed by atoms with van der Waals surface area (Å²) < 4.78 is 24.0. The summed E-state index contributed by atoms with van der Waals surface area (Å²) in [5, 5.41) is 18.5. The summed E-state index contributed by atoms with van der Waals surface area (Å²) in [5.74, 6) is 0. The lowest BCUT2D eigenvalue weighted by molar-refractivity contribution is 0.156. The van der Waals surface area contributed by atoms with E-state index in [1.165, 1.54) is 11.4 Å². The van der Waals surface area contributed by atoms with Gasteiger partial charge in [0, 0.05) is 5.46 Å². The lowest BCUT2D eigenvalue weighted by atomic mass is 9.81. The molecule has 0 aromatic carbocycles. The fourth-order valence-corrected chi connectivity index (χ4v) is 1.50. The van der Waals surface area contributed by atoms with Crippen LogP contribution in [0.5, 0.6) is 0 Å². The number of alkyl halides is 2. The smallest absolute Gasteiger partial charge is 0.423 e. The number of hydrogen-bond acceptors (Lipinski definition) is 3. The molecule has 1 aromatic rings. The molecule has 0 amide bonds. The Kier molecular flexibility index (Phi) is 2.59. The van der Waals surface area contributed by atoms with Crippen LogP contribution in [-0.4, -0.2) is 17.2 Å². The number of thiophene rings is 1. The third kappa shape index (κ3) is 1.77. The highest BCUT2D eigenvalue weighted by Gasteiger charge is 2.22. The van der Waals surface area contributed by atoms with E-state index in [0.29, 0.717) is 0 Å². The molecule has 0 unspecified atom stereocenters. The summed E-state index contributed by atoms with van der Waals surface area (Å²) in [6, 6.07) is 1.27. The summed E-state index contributed by atoms with van der Waals surface area (Å²) in [7, 11) is -1.80. The molecule has 0 fully saturated rings. The Labute approximate surface area is 66.2 Å². The van der Waals surface area contributed by atoms with Crippen LogP contribution < -0.4 is 5.46 Å². The fraction of sp³-hybridized carbons (Fsp3) is 0.200. The van der Waals surface area contributed by atoms with Crippen molar-refractivity contribution in [2.75, 3.05) is 0 Å². The van der Waals surface area contributed by atoms with Gasteiger partial charge < -0.3 is 10.0 Å². The van der Waals surface area contributed by atoms with Crippen LogP contribution >= 0.6 is 11.3 Å². The quantitative estimate of drug-likeness (QED) is 0.642. The minimum Gasteiger partial charge on any atom is -0.423 e. The zero-order valence-electron chi connectivity index (χ0n) is 5.37. The molecule has 1 heterocycles. The zero-order valence-corrected chi connectivity index (χ0v) is 6.18. The van der Waals surface area contributed by atoms with Crippen LogP contribution in [0.25, 0.3) is 0 Å². The minimum absolute atomic E-state index is 0.106. The Morgan fingerprint density at radius 2 is 2.09 bits per heavy atom. The number of halogens is 2. The summed E-state index contributed by atoms with van der Waals surface area (Å²) >= 11 is 0.816. The molecule has 60 valence electrons. The van der Waals surface area contributed by atoms with Gasteiger partial charge in [-0.05, 0) is 5.38 Å². The summed E-state index contributed by atoms with van der Waals surface area (Å²) in [5.41, 5.74) is -0.106. The number of hydrogen-bond donors (Lipinski definition) is 2. The molecule has 0 saturated heterocycles. The van der Waals surface area contributed by atoms with Gasteiger partial charge in [0.25, 0.3) is 6.43 Å². The van der Waals surface area contributed by atoms with Crippen molar-refractivity contribution in [3.8, 4) is 0 Å². The first kappa shape index (κ1) is 8.64. The maximum Gasteiger partial charge on any atom is 0.489 e. The van der Waals surface area contributed by atoms with Crippen LogP contribution in [0.4, 0.5) is 8.78 Å². The van der Waals surface area contributed by atoms with E-state index in [1.54, 1.807) is 0 Å². The first-order valence-corrected chi connectivity index (χ1v) is 3.72. The molecule has 0 bridgehead atoms. The SMILES string of the molecule is OB(O)c1ccsc1C(F)F. The van der Waals surface area contributed by atoms with E-state index in [9.17, 15) is 8.78 Å². The van der Waals surface area contributed by atoms with E-state index in [4.69, 9.17) is 10.0 Å². The van der Waals surface area contributed by atoms with Gasteiger partial charge in [0.15, 0.2) is 0 Å². The molecule has 0 atom stereocenters. The molecule has 1 rings (SSSR count). The van der Waals surface area contributed by atoms with Crippen molar-refractivity contribution in [3.05, 3.63) is 16.3 Å². The fourth-order valence-electron chi connectivity index (χ4n) is 0.722. The second kappa shape index (κ2) is 3.29. The van der Waals surface area contributed by atoms with Crippen LogP contribution in [-0.2, 0) is 0 Å². The Bertz CT molecular complexity index is 216. The van der Waals surface area contributed by atoms with Crippen LogP contribution in [0, 0.1) is 0 Å². The summed E-state index contributed by atoms with van der Waals surface area (Å²) in [6.45, 7) is 0. The van der Waals surface area contributed by atoms with Crippen molar-refractivity contribution in [3.63, 3.8) is 0 Å². The lowest BCUT2D eigenvalue weighted by Gasteiger charge is -1.99. The summed E-state index contributed by atoms with van der Waals surface area (Å²) in [6.07, 6.45) is -2.63. The first-order valence-electron chi connectivity index (χ1n) is 2.84. The lowest BCUT2D eigenvalue weighted by Crippen LogP contribution is -2.31. The normalized spacial score (nSPS) is 10.6. The molecular formula is C5H5BF2O2S. The van der Waals surface area contributed by atoms with Gasteiger partial charge >= 0.3 is 7.12 Å². The van der Waals surface area contributed by atoms with Crippen molar-refractivity contribution >= 4 is 23.9 Å². The molecule has 0 aliphatic carbocycles. The van der Waals surface area contributed by atoms with Gasteiger partial charge in [0.05, 0.1) is 4.88 Å². The Morgan fingerprint density at radius 1 is 1.45 bits per heavy atom. The maximum absolute atomic E-state index is 12.0. The Balaban J connectivity index is 2.96. The van der Waals surface area contributed by atoms with E-state index >= 15 is 0 Å². The van der Waals surface area contributed by atoms with Crippen molar-refractivity contribution in [2.24, 2.45) is 0 Å². The van der Waals surface area contributed by atoms with Gasteiger partial charge in [0.1, 0.15) is 0 Å². The predicted molar refractivity (Wildman–Crippen MR) is 39.1 cm³/mol. The second-order valence-electron chi connectivity index (χ2n) is 1.91. The van der Waals surface area contributed by atoms with Crippen molar-refractivity contribution < 1.29 is 18.8 Å². The average Bonchev–Trinajstić information content (AvgIpc) is 2.32. The Hall–Kier alpha value is -0.455. The van der Waals surface area contributed by atoms with Gasteiger partial charge in [-0.3, -0.25) is 0 Å². The summed E-state index contributed by atoms with van der Waals surface area (Å²) in [4.78, 5) is -0.278. The zero-order chi connectivity index (χ0) is 8.43. The molecule has 0 spiro atoms. The number of rotatable bonds is 2. The van der Waals surface area contributed by atoms with Gasteiger partial charge in [-0.2, -0.15) is 0 Å². The topological polar surface area (TPSA) is 40.5 Å². The van der Waals surface area contributed by atoms with E-state index in [1.807, 2.05) is 0 Å². The van der Waals surface area contributed by atoms with E-state index in [0.717, 1.165) is 11.3 Å². The van der Waals surface area contributed by atoms with Crippen molar-refractivity contribution in [1.82, 2.24) is 0 Å². The molecule has 6 heteroatoms. The van der Waals surface area contributed by atoms with E-state index in [-0.39, 0.29) is 10.3 Å². The van der Waals surface area contributed by atoms with Crippen LogP contribution in [0.15, 0.2) is 11.4 Å². The van der Waals surface area contributed by atoms with Gasteiger partial charge in [-0.15, -0.1) is 11.3 Å². The highest BCUT2D eigenvalue weighted by Crippen LogP contribution is 2.21. The third-order valence-electron chi connectivity index (χ3n) is 1.20. The Morgan fingerprint density at radius 3 is 2.45 bits per heavy atom. The van der Waals surface area contributed by atoms with Crippen LogP contribution in [0.2, 0.25) is 0 Å². The minimum atomic E-state index is -2.63. The van der Waals surface area contributed by atoms with Gasteiger partial charge in [0.2, 0.25) is 0 Å². The van der Waals surface area contributed by atoms with Crippen molar-refractivity contribution in [1.29, 1.82) is 0 Å². The van der Waals surface area contributed by atoms with Gasteiger partial charge in [-0.1, -0.05) is 6.07 Å². The molecular weight excluding hydrogens is 173 g/mol. The third-order valence-corrected chi connectivity index (χ3v) is 2.14. The molecule has 1 aromatic heterocycles. The van der Waals surface area contributed by atoms with Crippen LogP contribution in [0.1, 0.15) is 11.3 Å². The highest BCUT2D eigenvalue weighted by atomic mass is 32.1. The molecule has 2 nitrogen and oxygen atoms in total. The van der Waals surface area contributed by atoms with Crippen LogP contribution in [0.3, 0.4) is 0 Å². The maximum atomic E-state index is 12.0. The monoisotopic (exact) mass is 178 g/mol. The molecule has 0 aliphatic rings. The molecule has 0 saturated carbocycles. The highest BCUT2D eigenvalue weighted by molar-refractivity contribution is 7.11.